The van der Waals surface area contributed by atoms with E-state index in [0.717, 1.165) is 32.7 Å². The lowest BCUT2D eigenvalue weighted by Crippen LogP contribution is -2.08. The van der Waals surface area contributed by atoms with Gasteiger partial charge in [-0.05, 0) is 44.0 Å². The van der Waals surface area contributed by atoms with Crippen LogP contribution in [0.15, 0.2) is 18.2 Å². The summed E-state index contributed by atoms with van der Waals surface area (Å²) in [5, 5.41) is 1.79. The van der Waals surface area contributed by atoms with Crippen molar-refractivity contribution >= 4 is 22.5 Å². The van der Waals surface area contributed by atoms with Crippen LogP contribution in [0.1, 0.15) is 29.8 Å². The molecule has 16 heavy (non-hydrogen) atoms. The van der Waals surface area contributed by atoms with E-state index in [0.29, 0.717) is 0 Å². The first-order valence-corrected chi connectivity index (χ1v) is 5.70. The zero-order valence-electron chi connectivity index (χ0n) is 9.71. The molecule has 0 saturated heterocycles. The van der Waals surface area contributed by atoms with E-state index >= 15 is 0 Å². The fourth-order valence-electron chi connectivity index (χ4n) is 1.88. The number of pyridine rings is 1. The third-order valence-corrected chi connectivity index (χ3v) is 3.11. The van der Waals surface area contributed by atoms with Crippen LogP contribution in [-0.2, 0) is 0 Å². The van der Waals surface area contributed by atoms with E-state index in [4.69, 9.17) is 17.3 Å². The number of benzene rings is 1. The van der Waals surface area contributed by atoms with Crippen molar-refractivity contribution in [2.75, 3.05) is 0 Å². The molecule has 84 valence electrons. The molecule has 0 saturated carbocycles. The highest BCUT2D eigenvalue weighted by molar-refractivity contribution is 6.35. The van der Waals surface area contributed by atoms with Crippen molar-refractivity contribution in [3.8, 4) is 0 Å². The summed E-state index contributed by atoms with van der Waals surface area (Å²) in [4.78, 5) is 4.59. The molecular formula is C13H15ClN2. The third-order valence-electron chi connectivity index (χ3n) is 2.79. The number of aryl methyl sites for hydroxylation is 2. The Morgan fingerprint density at radius 2 is 1.94 bits per heavy atom. The van der Waals surface area contributed by atoms with Gasteiger partial charge in [0.15, 0.2) is 0 Å². The van der Waals surface area contributed by atoms with Gasteiger partial charge in [-0.25, -0.2) is 0 Å². The Morgan fingerprint density at radius 1 is 1.25 bits per heavy atom. The van der Waals surface area contributed by atoms with E-state index < -0.39 is 0 Å². The maximum absolute atomic E-state index is 6.19. The summed E-state index contributed by atoms with van der Waals surface area (Å²) in [6.45, 7) is 6.02. The third kappa shape index (κ3) is 1.79. The van der Waals surface area contributed by atoms with E-state index in [1.807, 2.05) is 39.0 Å². The molecule has 1 atom stereocenters. The van der Waals surface area contributed by atoms with Crippen molar-refractivity contribution in [2.24, 2.45) is 5.73 Å². The summed E-state index contributed by atoms with van der Waals surface area (Å²) in [6, 6.07) is 5.86. The standard InChI is InChI=1S/C13H15ClN2/c1-7-4-5-10(14)12-8(2)6-11(9(3)15)16-13(7)12/h4-6,9H,15H2,1-3H3. The second-order valence-electron chi connectivity index (χ2n) is 4.24. The van der Waals surface area contributed by atoms with Crippen LogP contribution >= 0.6 is 11.6 Å². The second-order valence-corrected chi connectivity index (χ2v) is 4.65. The van der Waals surface area contributed by atoms with Crippen molar-refractivity contribution in [3.05, 3.63) is 40.0 Å². The van der Waals surface area contributed by atoms with Gasteiger partial charge >= 0.3 is 0 Å². The normalized spacial score (nSPS) is 13.1. The first-order chi connectivity index (χ1) is 7.50. The number of rotatable bonds is 1. The molecule has 2 aromatic rings. The van der Waals surface area contributed by atoms with E-state index in [-0.39, 0.29) is 6.04 Å². The zero-order chi connectivity index (χ0) is 11.9. The van der Waals surface area contributed by atoms with Crippen LogP contribution in [0.25, 0.3) is 10.9 Å². The molecule has 0 amide bonds. The summed E-state index contributed by atoms with van der Waals surface area (Å²) in [7, 11) is 0. The van der Waals surface area contributed by atoms with Crippen LogP contribution < -0.4 is 5.73 Å². The van der Waals surface area contributed by atoms with Gasteiger partial charge in [-0.3, -0.25) is 4.98 Å². The Balaban J connectivity index is 2.86. The molecule has 1 heterocycles. The Bertz CT molecular complexity index is 547. The molecule has 0 bridgehead atoms. The van der Waals surface area contributed by atoms with Crippen molar-refractivity contribution in [2.45, 2.75) is 26.8 Å². The van der Waals surface area contributed by atoms with Crippen LogP contribution in [-0.4, -0.2) is 4.98 Å². The van der Waals surface area contributed by atoms with E-state index in [9.17, 15) is 0 Å². The molecule has 1 unspecified atom stereocenters. The monoisotopic (exact) mass is 234 g/mol. The average molecular weight is 235 g/mol. The van der Waals surface area contributed by atoms with Gasteiger partial charge in [-0.2, -0.15) is 0 Å². The largest absolute Gasteiger partial charge is 0.323 e. The molecule has 0 radical (unpaired) electrons. The summed E-state index contributed by atoms with van der Waals surface area (Å²) in [6.07, 6.45) is 0. The number of hydrogen-bond acceptors (Lipinski definition) is 2. The Kier molecular flexibility index (Phi) is 2.87. The first-order valence-electron chi connectivity index (χ1n) is 5.32. The number of hydrogen-bond donors (Lipinski definition) is 1. The number of aromatic nitrogens is 1. The fraction of sp³-hybridized carbons (Fsp3) is 0.308. The molecule has 2 nitrogen and oxygen atoms in total. The number of nitrogens with two attached hydrogens (primary N) is 1. The predicted molar refractivity (Wildman–Crippen MR) is 68.8 cm³/mol. The fourth-order valence-corrected chi connectivity index (χ4v) is 2.18. The quantitative estimate of drug-likeness (QED) is 0.820. The van der Waals surface area contributed by atoms with Crippen molar-refractivity contribution in [1.29, 1.82) is 0 Å². The minimum absolute atomic E-state index is 0.0542. The van der Waals surface area contributed by atoms with Crippen LogP contribution in [0, 0.1) is 13.8 Å². The van der Waals surface area contributed by atoms with Gasteiger partial charge < -0.3 is 5.73 Å². The van der Waals surface area contributed by atoms with Crippen LogP contribution in [0.3, 0.4) is 0 Å². The highest BCUT2D eigenvalue weighted by atomic mass is 35.5. The predicted octanol–water partition coefficient (Wildman–Crippen LogP) is 3.52. The summed E-state index contributed by atoms with van der Waals surface area (Å²) in [5.41, 5.74) is 10.00. The van der Waals surface area contributed by atoms with E-state index in [2.05, 4.69) is 4.98 Å². The highest BCUT2D eigenvalue weighted by Crippen LogP contribution is 2.29. The highest BCUT2D eigenvalue weighted by Gasteiger charge is 2.10. The van der Waals surface area contributed by atoms with Gasteiger partial charge in [0.25, 0.3) is 0 Å². The van der Waals surface area contributed by atoms with Gasteiger partial charge in [0.2, 0.25) is 0 Å². The number of nitrogens with zero attached hydrogens (tertiary/aromatic N) is 1. The summed E-state index contributed by atoms with van der Waals surface area (Å²) in [5.74, 6) is 0. The molecule has 0 fully saturated rings. The Morgan fingerprint density at radius 3 is 2.56 bits per heavy atom. The van der Waals surface area contributed by atoms with E-state index in [1.54, 1.807) is 0 Å². The molecule has 0 aliphatic carbocycles. The molecule has 1 aromatic heterocycles. The van der Waals surface area contributed by atoms with Crippen molar-refractivity contribution in [1.82, 2.24) is 4.98 Å². The Hall–Kier alpha value is -1.12. The molecule has 1 aromatic carbocycles. The van der Waals surface area contributed by atoms with Gasteiger partial charge in [0.1, 0.15) is 0 Å². The van der Waals surface area contributed by atoms with Crippen LogP contribution in [0.5, 0.6) is 0 Å². The van der Waals surface area contributed by atoms with Crippen molar-refractivity contribution in [3.63, 3.8) is 0 Å². The molecule has 0 spiro atoms. The first kappa shape index (κ1) is 11.4. The van der Waals surface area contributed by atoms with Crippen LogP contribution in [0.2, 0.25) is 5.02 Å². The Labute approximate surface area is 100 Å². The van der Waals surface area contributed by atoms with Gasteiger partial charge in [0, 0.05) is 11.4 Å². The summed E-state index contributed by atoms with van der Waals surface area (Å²) < 4.78 is 0. The van der Waals surface area contributed by atoms with Gasteiger partial charge in [-0.15, -0.1) is 0 Å². The topological polar surface area (TPSA) is 38.9 Å². The minimum Gasteiger partial charge on any atom is -0.323 e. The SMILES string of the molecule is Cc1ccc(Cl)c2c(C)cc(C(C)N)nc12. The maximum atomic E-state index is 6.19. The lowest BCUT2D eigenvalue weighted by molar-refractivity contribution is 0.785. The lowest BCUT2D eigenvalue weighted by atomic mass is 10.0. The molecule has 3 heteroatoms. The van der Waals surface area contributed by atoms with Crippen molar-refractivity contribution < 1.29 is 0 Å². The molecule has 0 aliphatic heterocycles. The maximum Gasteiger partial charge on any atom is 0.0752 e. The molecular weight excluding hydrogens is 220 g/mol. The number of halogens is 1. The van der Waals surface area contributed by atoms with Gasteiger partial charge in [0.05, 0.1) is 16.2 Å². The lowest BCUT2D eigenvalue weighted by Gasteiger charge is -2.11. The minimum atomic E-state index is -0.0542. The van der Waals surface area contributed by atoms with Crippen LogP contribution in [0.4, 0.5) is 0 Å². The number of fused-ring (bicyclic) bond motifs is 1. The van der Waals surface area contributed by atoms with Gasteiger partial charge in [-0.1, -0.05) is 17.7 Å². The molecule has 2 rings (SSSR count). The average Bonchev–Trinajstić information content (AvgIpc) is 2.22. The second kappa shape index (κ2) is 4.04. The summed E-state index contributed by atoms with van der Waals surface area (Å²) >= 11 is 6.19. The molecule has 0 aliphatic rings. The van der Waals surface area contributed by atoms with E-state index in [1.165, 1.54) is 0 Å². The molecule has 2 N–H and O–H groups in total. The smallest absolute Gasteiger partial charge is 0.0752 e. The zero-order valence-corrected chi connectivity index (χ0v) is 10.5.